The SMILES string of the molecule is CC1(C)OC[C@H]([C@H]2OC(C)(C)O[C@@H]2[C@@](C)(O)C(=O)O)O1. The third-order valence-corrected chi connectivity index (χ3v) is 3.51. The van der Waals surface area contributed by atoms with Crippen LogP contribution >= 0.6 is 0 Å². The number of aliphatic hydroxyl groups is 1. The molecule has 2 aliphatic rings. The summed E-state index contributed by atoms with van der Waals surface area (Å²) in [4.78, 5) is 11.2. The molecule has 0 saturated carbocycles. The van der Waals surface area contributed by atoms with Crippen molar-refractivity contribution in [3.05, 3.63) is 0 Å². The summed E-state index contributed by atoms with van der Waals surface area (Å²) < 4.78 is 22.5. The average molecular weight is 290 g/mol. The zero-order valence-corrected chi connectivity index (χ0v) is 12.4. The number of carboxylic acids is 1. The summed E-state index contributed by atoms with van der Waals surface area (Å²) in [7, 11) is 0. The van der Waals surface area contributed by atoms with E-state index in [1.165, 1.54) is 6.92 Å². The average Bonchev–Trinajstić information content (AvgIpc) is 2.78. The van der Waals surface area contributed by atoms with Crippen molar-refractivity contribution >= 4 is 5.97 Å². The molecule has 2 heterocycles. The van der Waals surface area contributed by atoms with E-state index < -0.39 is 41.5 Å². The van der Waals surface area contributed by atoms with E-state index in [0.29, 0.717) is 0 Å². The van der Waals surface area contributed by atoms with Gasteiger partial charge in [0.1, 0.15) is 18.3 Å². The topological polar surface area (TPSA) is 94.5 Å². The van der Waals surface area contributed by atoms with Crippen molar-refractivity contribution in [2.24, 2.45) is 0 Å². The zero-order chi connectivity index (χ0) is 15.3. The van der Waals surface area contributed by atoms with E-state index in [4.69, 9.17) is 18.9 Å². The van der Waals surface area contributed by atoms with Crippen LogP contribution in [0.5, 0.6) is 0 Å². The second-order valence-electron chi connectivity index (χ2n) is 6.34. The summed E-state index contributed by atoms with van der Waals surface area (Å²) in [5, 5.41) is 19.4. The lowest BCUT2D eigenvalue weighted by Crippen LogP contribution is -2.54. The van der Waals surface area contributed by atoms with Gasteiger partial charge in [-0.2, -0.15) is 0 Å². The van der Waals surface area contributed by atoms with Crippen molar-refractivity contribution in [2.45, 2.75) is 70.1 Å². The number of hydrogen-bond acceptors (Lipinski definition) is 6. The van der Waals surface area contributed by atoms with Crippen LogP contribution in [0.3, 0.4) is 0 Å². The Labute approximate surface area is 117 Å². The standard InChI is InChI=1S/C13H22O7/c1-11(2)17-6-7(18-11)8-9(13(5,16)10(14)15)20-12(3,4)19-8/h7-9,16H,6H2,1-5H3,(H,14,15)/t7-,8-,9+,13-/m1/s1. The molecule has 0 spiro atoms. The quantitative estimate of drug-likeness (QED) is 0.781. The van der Waals surface area contributed by atoms with Crippen molar-refractivity contribution in [1.29, 1.82) is 0 Å². The van der Waals surface area contributed by atoms with Crippen molar-refractivity contribution in [3.8, 4) is 0 Å². The van der Waals surface area contributed by atoms with Gasteiger partial charge < -0.3 is 29.2 Å². The Morgan fingerprint density at radius 3 is 2.20 bits per heavy atom. The van der Waals surface area contributed by atoms with Crippen molar-refractivity contribution in [3.63, 3.8) is 0 Å². The molecule has 7 heteroatoms. The molecule has 0 aromatic carbocycles. The largest absolute Gasteiger partial charge is 0.479 e. The highest BCUT2D eigenvalue weighted by molar-refractivity contribution is 5.77. The van der Waals surface area contributed by atoms with Gasteiger partial charge in [0, 0.05) is 0 Å². The second-order valence-corrected chi connectivity index (χ2v) is 6.34. The first-order valence-electron chi connectivity index (χ1n) is 6.58. The molecule has 116 valence electrons. The molecule has 0 aliphatic carbocycles. The van der Waals surface area contributed by atoms with Crippen LogP contribution in [-0.4, -0.2) is 58.3 Å². The Morgan fingerprint density at radius 2 is 1.75 bits per heavy atom. The number of ether oxygens (including phenoxy) is 4. The van der Waals surface area contributed by atoms with Crippen LogP contribution in [0, 0.1) is 0 Å². The maximum absolute atomic E-state index is 11.2. The van der Waals surface area contributed by atoms with Crippen LogP contribution in [0.2, 0.25) is 0 Å². The van der Waals surface area contributed by atoms with Gasteiger partial charge in [0.25, 0.3) is 0 Å². The molecule has 0 radical (unpaired) electrons. The van der Waals surface area contributed by atoms with Crippen LogP contribution in [0.25, 0.3) is 0 Å². The summed E-state index contributed by atoms with van der Waals surface area (Å²) in [5.74, 6) is -3.13. The second kappa shape index (κ2) is 4.64. The van der Waals surface area contributed by atoms with Crippen LogP contribution in [0.15, 0.2) is 0 Å². The van der Waals surface area contributed by atoms with Gasteiger partial charge in [0.05, 0.1) is 6.61 Å². The number of aliphatic carboxylic acids is 1. The maximum atomic E-state index is 11.2. The fourth-order valence-corrected chi connectivity index (χ4v) is 2.49. The van der Waals surface area contributed by atoms with E-state index in [1.807, 2.05) is 0 Å². The third-order valence-electron chi connectivity index (χ3n) is 3.51. The van der Waals surface area contributed by atoms with Crippen LogP contribution in [-0.2, 0) is 23.7 Å². The molecule has 2 rings (SSSR count). The molecule has 4 atom stereocenters. The molecule has 7 nitrogen and oxygen atoms in total. The number of hydrogen-bond donors (Lipinski definition) is 2. The van der Waals surface area contributed by atoms with Crippen LogP contribution < -0.4 is 0 Å². The predicted octanol–water partition coefficient (Wildman–Crippen LogP) is 0.494. The first-order valence-corrected chi connectivity index (χ1v) is 6.58. The number of carboxylic acid groups (broad SMARTS) is 1. The zero-order valence-electron chi connectivity index (χ0n) is 12.4. The highest BCUT2D eigenvalue weighted by Gasteiger charge is 2.58. The summed E-state index contributed by atoms with van der Waals surface area (Å²) >= 11 is 0. The number of carbonyl (C=O) groups is 1. The summed E-state index contributed by atoms with van der Waals surface area (Å²) in [6.45, 7) is 8.30. The lowest BCUT2D eigenvalue weighted by molar-refractivity contribution is -0.186. The van der Waals surface area contributed by atoms with Crippen molar-refractivity contribution < 1.29 is 34.0 Å². The molecule has 0 aromatic rings. The molecule has 2 N–H and O–H groups in total. The molecule has 0 aromatic heterocycles. The van der Waals surface area contributed by atoms with Crippen LogP contribution in [0.1, 0.15) is 34.6 Å². The van der Waals surface area contributed by atoms with Gasteiger partial charge in [-0.05, 0) is 34.6 Å². The minimum Gasteiger partial charge on any atom is -0.479 e. The van der Waals surface area contributed by atoms with Gasteiger partial charge in [-0.1, -0.05) is 0 Å². The van der Waals surface area contributed by atoms with Crippen LogP contribution in [0.4, 0.5) is 0 Å². The number of rotatable bonds is 3. The monoisotopic (exact) mass is 290 g/mol. The molecule has 2 fully saturated rings. The first kappa shape index (κ1) is 15.7. The molecule has 0 amide bonds. The molecule has 0 unspecified atom stereocenters. The summed E-state index contributed by atoms with van der Waals surface area (Å²) in [6.07, 6.45) is -2.27. The minimum atomic E-state index is -2.07. The van der Waals surface area contributed by atoms with E-state index in [9.17, 15) is 15.0 Å². The van der Waals surface area contributed by atoms with Gasteiger partial charge in [0.2, 0.25) is 0 Å². The first-order chi connectivity index (χ1) is 8.95. The van der Waals surface area contributed by atoms with Crippen molar-refractivity contribution in [1.82, 2.24) is 0 Å². The van der Waals surface area contributed by atoms with E-state index in [2.05, 4.69) is 0 Å². The van der Waals surface area contributed by atoms with E-state index >= 15 is 0 Å². The van der Waals surface area contributed by atoms with E-state index in [0.717, 1.165) is 0 Å². The van der Waals surface area contributed by atoms with Crippen molar-refractivity contribution in [2.75, 3.05) is 6.61 Å². The molecule has 2 saturated heterocycles. The van der Waals surface area contributed by atoms with Gasteiger partial charge in [-0.15, -0.1) is 0 Å². The normalized spacial score (nSPS) is 38.6. The molecule has 20 heavy (non-hydrogen) atoms. The Kier molecular flexibility index (Phi) is 3.63. The Bertz CT molecular complexity index is 402. The fourth-order valence-electron chi connectivity index (χ4n) is 2.49. The Morgan fingerprint density at radius 1 is 1.15 bits per heavy atom. The van der Waals surface area contributed by atoms with Gasteiger partial charge in [-0.25, -0.2) is 4.79 Å². The summed E-state index contributed by atoms with van der Waals surface area (Å²) in [6, 6.07) is 0. The van der Waals surface area contributed by atoms with Gasteiger partial charge in [0.15, 0.2) is 17.2 Å². The highest BCUT2D eigenvalue weighted by Crippen LogP contribution is 2.39. The molecular weight excluding hydrogens is 268 g/mol. The smallest absolute Gasteiger partial charge is 0.338 e. The predicted molar refractivity (Wildman–Crippen MR) is 67.0 cm³/mol. The molecule has 2 aliphatic heterocycles. The fraction of sp³-hybridized carbons (Fsp3) is 0.923. The highest BCUT2D eigenvalue weighted by atomic mass is 16.8. The van der Waals surface area contributed by atoms with Gasteiger partial charge in [-0.3, -0.25) is 0 Å². The minimum absolute atomic E-state index is 0.253. The molecule has 0 bridgehead atoms. The summed E-state index contributed by atoms with van der Waals surface area (Å²) in [5.41, 5.74) is -2.07. The third kappa shape index (κ3) is 2.82. The lowest BCUT2D eigenvalue weighted by atomic mass is 9.92. The van der Waals surface area contributed by atoms with Gasteiger partial charge >= 0.3 is 5.97 Å². The van der Waals surface area contributed by atoms with E-state index in [-0.39, 0.29) is 6.61 Å². The lowest BCUT2D eigenvalue weighted by Gasteiger charge is -2.30. The molecular formula is C13H22O7. The van der Waals surface area contributed by atoms with E-state index in [1.54, 1.807) is 27.7 Å². The Balaban J connectivity index is 2.23. The Hall–Kier alpha value is -0.730. The maximum Gasteiger partial charge on any atom is 0.338 e.